The van der Waals surface area contributed by atoms with E-state index < -0.39 is 5.97 Å². The van der Waals surface area contributed by atoms with Crippen molar-refractivity contribution >= 4 is 27.7 Å². The molecule has 1 aromatic rings. The second-order valence-electron chi connectivity index (χ2n) is 2.88. The Kier molecular flexibility index (Phi) is 4.42. The third kappa shape index (κ3) is 4.20. The summed E-state index contributed by atoms with van der Waals surface area (Å²) in [6, 6.07) is 1.61. The molecule has 0 aromatic carbocycles. The van der Waals surface area contributed by atoms with E-state index in [9.17, 15) is 9.59 Å². The van der Waals surface area contributed by atoms with Crippen LogP contribution in [0.2, 0.25) is 0 Å². The minimum atomic E-state index is -0.554. The topological polar surface area (TPSA) is 56.3 Å². The molecule has 0 N–H and O–H groups in total. The van der Waals surface area contributed by atoms with E-state index in [1.165, 1.54) is 6.20 Å². The lowest BCUT2D eigenvalue weighted by atomic mass is 10.2. The van der Waals surface area contributed by atoms with Gasteiger partial charge in [0.2, 0.25) is 0 Å². The van der Waals surface area contributed by atoms with Crippen LogP contribution in [0.4, 0.5) is 0 Å². The molecule has 80 valence electrons. The largest absolute Gasteiger partial charge is 0.425 e. The number of Topliss-reactive ketones (excluding diaryl/α,β-unsaturated/α-hetero) is 1. The lowest BCUT2D eigenvalue weighted by molar-refractivity contribution is -0.137. The molecule has 1 rings (SSSR count). The van der Waals surface area contributed by atoms with Gasteiger partial charge in [-0.05, 0) is 22.0 Å². The van der Waals surface area contributed by atoms with Crippen molar-refractivity contribution in [2.24, 2.45) is 0 Å². The van der Waals surface area contributed by atoms with E-state index in [-0.39, 0.29) is 12.2 Å². The highest BCUT2D eigenvalue weighted by atomic mass is 79.9. The van der Waals surface area contributed by atoms with E-state index in [0.717, 1.165) is 4.47 Å². The monoisotopic (exact) mass is 271 g/mol. The average molecular weight is 272 g/mol. The molecule has 4 nitrogen and oxygen atoms in total. The van der Waals surface area contributed by atoms with Crippen molar-refractivity contribution in [1.29, 1.82) is 0 Å². The lowest BCUT2D eigenvalue weighted by Crippen LogP contribution is -2.13. The lowest BCUT2D eigenvalue weighted by Gasteiger charge is -2.02. The maximum atomic E-state index is 11.2. The van der Waals surface area contributed by atoms with E-state index >= 15 is 0 Å². The molecule has 0 aliphatic rings. The van der Waals surface area contributed by atoms with E-state index in [1.807, 2.05) is 0 Å². The number of esters is 1. The van der Waals surface area contributed by atoms with Gasteiger partial charge in [-0.3, -0.25) is 14.6 Å². The van der Waals surface area contributed by atoms with Gasteiger partial charge in [-0.25, -0.2) is 0 Å². The van der Waals surface area contributed by atoms with Crippen molar-refractivity contribution in [3.05, 3.63) is 22.9 Å². The number of ether oxygens (including phenoxy) is 1. The first kappa shape index (κ1) is 11.8. The number of pyridine rings is 1. The summed E-state index contributed by atoms with van der Waals surface area (Å²) in [5.41, 5.74) is 0. The van der Waals surface area contributed by atoms with Gasteiger partial charge in [0.05, 0.1) is 6.20 Å². The van der Waals surface area contributed by atoms with Gasteiger partial charge in [0.25, 0.3) is 0 Å². The Hall–Kier alpha value is -1.23. The van der Waals surface area contributed by atoms with Crippen LogP contribution < -0.4 is 4.74 Å². The number of hydrogen-bond acceptors (Lipinski definition) is 4. The summed E-state index contributed by atoms with van der Waals surface area (Å²) < 4.78 is 5.63. The Balaban J connectivity index is 2.55. The van der Waals surface area contributed by atoms with Gasteiger partial charge in [0.1, 0.15) is 18.0 Å². The molecular weight excluding hydrogens is 262 g/mol. The quantitative estimate of drug-likeness (QED) is 0.622. The van der Waals surface area contributed by atoms with Crippen molar-refractivity contribution < 1.29 is 14.3 Å². The summed E-state index contributed by atoms with van der Waals surface area (Å²) in [6.45, 7) is 1.70. The van der Waals surface area contributed by atoms with Gasteiger partial charge in [-0.2, -0.15) is 0 Å². The van der Waals surface area contributed by atoms with Crippen molar-refractivity contribution in [1.82, 2.24) is 4.98 Å². The van der Waals surface area contributed by atoms with Crippen molar-refractivity contribution in [3.8, 4) is 5.75 Å². The second-order valence-corrected chi connectivity index (χ2v) is 3.80. The zero-order valence-electron chi connectivity index (χ0n) is 8.20. The maximum absolute atomic E-state index is 11.2. The SMILES string of the molecule is CCC(=O)CC(=O)Oc1cncc(Br)c1. The Morgan fingerprint density at radius 1 is 1.47 bits per heavy atom. The molecule has 1 aromatic heterocycles. The van der Waals surface area contributed by atoms with Crippen LogP contribution in [0.5, 0.6) is 5.75 Å². The van der Waals surface area contributed by atoms with Crippen LogP contribution in [-0.4, -0.2) is 16.7 Å². The van der Waals surface area contributed by atoms with Gasteiger partial charge >= 0.3 is 5.97 Å². The molecule has 0 unspecified atom stereocenters. The highest BCUT2D eigenvalue weighted by molar-refractivity contribution is 9.10. The van der Waals surface area contributed by atoms with Crippen LogP contribution in [0.25, 0.3) is 0 Å². The zero-order chi connectivity index (χ0) is 11.3. The number of aromatic nitrogens is 1. The molecule has 0 saturated heterocycles. The number of halogens is 1. The molecule has 0 aliphatic carbocycles. The first-order chi connectivity index (χ1) is 7.11. The van der Waals surface area contributed by atoms with Crippen molar-refractivity contribution in [3.63, 3.8) is 0 Å². The molecule has 0 spiro atoms. The Morgan fingerprint density at radius 3 is 2.80 bits per heavy atom. The summed E-state index contributed by atoms with van der Waals surface area (Å²) in [7, 11) is 0. The predicted octanol–water partition coefficient (Wildman–Crippen LogP) is 2.12. The van der Waals surface area contributed by atoms with Gasteiger partial charge in [0, 0.05) is 17.1 Å². The van der Waals surface area contributed by atoms with E-state index in [4.69, 9.17) is 4.74 Å². The standard InChI is InChI=1S/C10H10BrNO3/c1-2-8(13)4-10(14)15-9-3-7(11)5-12-6-9/h3,5-6H,2,4H2,1H3. The first-order valence-electron chi connectivity index (χ1n) is 4.44. The highest BCUT2D eigenvalue weighted by Crippen LogP contribution is 2.16. The molecule has 0 fully saturated rings. The summed E-state index contributed by atoms with van der Waals surface area (Å²) in [5, 5.41) is 0. The minimum Gasteiger partial charge on any atom is -0.425 e. The Bertz CT molecular complexity index is 379. The molecule has 0 radical (unpaired) electrons. The summed E-state index contributed by atoms with van der Waals surface area (Å²) in [5.74, 6) is -0.358. The fraction of sp³-hybridized carbons (Fsp3) is 0.300. The van der Waals surface area contributed by atoms with Crippen LogP contribution in [0, 0.1) is 0 Å². The predicted molar refractivity (Wildman–Crippen MR) is 57.5 cm³/mol. The molecule has 5 heteroatoms. The highest BCUT2D eigenvalue weighted by Gasteiger charge is 2.10. The fourth-order valence-electron chi connectivity index (χ4n) is 0.902. The molecule has 1 heterocycles. The Labute approximate surface area is 95.8 Å². The van der Waals surface area contributed by atoms with E-state index in [0.29, 0.717) is 12.2 Å². The van der Waals surface area contributed by atoms with Gasteiger partial charge in [-0.15, -0.1) is 0 Å². The number of ketones is 1. The van der Waals surface area contributed by atoms with E-state index in [1.54, 1.807) is 19.2 Å². The molecule has 0 amide bonds. The van der Waals surface area contributed by atoms with Crippen LogP contribution in [0.15, 0.2) is 22.9 Å². The normalized spacial score (nSPS) is 9.73. The van der Waals surface area contributed by atoms with Crippen LogP contribution in [-0.2, 0) is 9.59 Å². The summed E-state index contributed by atoms with van der Waals surface area (Å²) in [6.07, 6.45) is 3.14. The summed E-state index contributed by atoms with van der Waals surface area (Å²) in [4.78, 5) is 26.0. The van der Waals surface area contributed by atoms with Gasteiger partial charge < -0.3 is 4.74 Å². The van der Waals surface area contributed by atoms with E-state index in [2.05, 4.69) is 20.9 Å². The van der Waals surface area contributed by atoms with Crippen molar-refractivity contribution in [2.75, 3.05) is 0 Å². The van der Waals surface area contributed by atoms with Crippen LogP contribution >= 0.6 is 15.9 Å². The molecule has 0 aliphatic heterocycles. The number of rotatable bonds is 4. The molecule has 0 bridgehead atoms. The van der Waals surface area contributed by atoms with Gasteiger partial charge in [0.15, 0.2) is 0 Å². The van der Waals surface area contributed by atoms with Crippen molar-refractivity contribution in [2.45, 2.75) is 19.8 Å². The number of carbonyl (C=O) groups is 2. The molecule has 15 heavy (non-hydrogen) atoms. The minimum absolute atomic E-state index is 0.136. The fourth-order valence-corrected chi connectivity index (χ4v) is 1.25. The van der Waals surface area contributed by atoms with Crippen LogP contribution in [0.3, 0.4) is 0 Å². The van der Waals surface area contributed by atoms with Crippen LogP contribution in [0.1, 0.15) is 19.8 Å². The average Bonchev–Trinajstić information content (AvgIpc) is 2.17. The molecule has 0 atom stereocenters. The third-order valence-electron chi connectivity index (χ3n) is 1.65. The second kappa shape index (κ2) is 5.60. The Morgan fingerprint density at radius 2 is 2.20 bits per heavy atom. The molecular formula is C10H10BrNO3. The number of nitrogens with zero attached hydrogens (tertiary/aromatic N) is 1. The maximum Gasteiger partial charge on any atom is 0.318 e. The number of carbonyl (C=O) groups excluding carboxylic acids is 2. The van der Waals surface area contributed by atoms with Gasteiger partial charge in [-0.1, -0.05) is 6.92 Å². The number of hydrogen-bond donors (Lipinski definition) is 0. The zero-order valence-corrected chi connectivity index (χ0v) is 9.78. The third-order valence-corrected chi connectivity index (χ3v) is 2.08. The molecule has 0 saturated carbocycles. The summed E-state index contributed by atoms with van der Waals surface area (Å²) >= 11 is 3.20. The first-order valence-corrected chi connectivity index (χ1v) is 5.24. The smallest absolute Gasteiger partial charge is 0.318 e.